The largest absolute Gasteiger partial charge is 1.00 e. The molecule has 1 heterocycles. The van der Waals surface area contributed by atoms with Crippen molar-refractivity contribution in [3.05, 3.63) is 0 Å². The molecule has 0 radical (unpaired) electrons. The van der Waals surface area contributed by atoms with Gasteiger partial charge in [0.2, 0.25) is 0 Å². The third kappa shape index (κ3) is 6.22. The average Bonchev–Trinajstić information content (AvgIpc) is 2.31. The van der Waals surface area contributed by atoms with Crippen LogP contribution in [0.5, 0.6) is 0 Å². The first-order chi connectivity index (χ1) is 8.76. The number of hydrogen-bond acceptors (Lipinski definition) is 8. The predicted molar refractivity (Wildman–Crippen MR) is 62.5 cm³/mol. The van der Waals surface area contributed by atoms with Crippen LogP contribution >= 0.6 is 0 Å². The molecule has 0 aromatic carbocycles. The van der Waals surface area contributed by atoms with Gasteiger partial charge in [0.05, 0.1) is 35.2 Å². The molecule has 0 spiro atoms. The Morgan fingerprint density at radius 1 is 1.30 bits per heavy atom. The van der Waals surface area contributed by atoms with Gasteiger partial charge in [0, 0.05) is 7.11 Å². The van der Waals surface area contributed by atoms with Gasteiger partial charge >= 0.3 is 29.6 Å². The summed E-state index contributed by atoms with van der Waals surface area (Å²) in [4.78, 5) is 0. The standard InChI is InChI=1S/C10H20O8S.Na/c1-6-8(11)9(12)10(16-2)7(18-6)5-17-3-4-19(13,14)15;/h6-12H,3-5H2,1-2H3,(H,13,14,15);/q;+1/p-1/t6-,7?,8?,9+,10+;/m1./s1. The summed E-state index contributed by atoms with van der Waals surface area (Å²) in [6, 6.07) is 0. The molecule has 8 nitrogen and oxygen atoms in total. The van der Waals surface area contributed by atoms with Crippen LogP contribution in [0, 0.1) is 0 Å². The normalized spacial score (nSPS) is 34.5. The Morgan fingerprint density at radius 3 is 2.40 bits per heavy atom. The van der Waals surface area contributed by atoms with Crippen molar-refractivity contribution in [2.24, 2.45) is 0 Å². The fourth-order valence-corrected chi connectivity index (χ4v) is 2.23. The van der Waals surface area contributed by atoms with Gasteiger partial charge in [0.1, 0.15) is 24.4 Å². The van der Waals surface area contributed by atoms with Gasteiger partial charge in [-0.15, -0.1) is 0 Å². The smallest absolute Gasteiger partial charge is 0.748 e. The second-order valence-electron chi connectivity index (χ2n) is 4.40. The molecule has 1 aliphatic heterocycles. The van der Waals surface area contributed by atoms with Crippen molar-refractivity contribution in [3.8, 4) is 0 Å². The molecule has 1 rings (SSSR count). The van der Waals surface area contributed by atoms with E-state index in [4.69, 9.17) is 14.2 Å². The Balaban J connectivity index is 0.00000361. The van der Waals surface area contributed by atoms with Crippen LogP contribution in [0.1, 0.15) is 6.92 Å². The fourth-order valence-electron chi connectivity index (χ4n) is 1.91. The summed E-state index contributed by atoms with van der Waals surface area (Å²) in [6.07, 6.45) is -4.21. The van der Waals surface area contributed by atoms with Crippen LogP contribution < -0.4 is 29.6 Å². The van der Waals surface area contributed by atoms with Gasteiger partial charge in [0.25, 0.3) is 0 Å². The third-order valence-electron chi connectivity index (χ3n) is 2.96. The van der Waals surface area contributed by atoms with Crippen molar-refractivity contribution < 1.29 is 67.0 Å². The van der Waals surface area contributed by atoms with Crippen LogP contribution in [-0.4, -0.2) is 79.8 Å². The molecule has 0 bridgehead atoms. The molecule has 1 aliphatic rings. The SMILES string of the molecule is CO[C@H]1C(COCCS(=O)(=O)[O-])O[C@H](C)C(O)[C@@H]1O.[Na+]. The Hall–Kier alpha value is 0.710. The third-order valence-corrected chi connectivity index (χ3v) is 3.62. The first-order valence-corrected chi connectivity index (χ1v) is 7.39. The predicted octanol–water partition coefficient (Wildman–Crippen LogP) is -4.92. The van der Waals surface area contributed by atoms with Crippen molar-refractivity contribution in [1.82, 2.24) is 0 Å². The van der Waals surface area contributed by atoms with Crippen LogP contribution in [0.3, 0.4) is 0 Å². The van der Waals surface area contributed by atoms with E-state index in [1.54, 1.807) is 6.92 Å². The quantitative estimate of drug-likeness (QED) is 0.283. The van der Waals surface area contributed by atoms with E-state index in [0.29, 0.717) is 0 Å². The van der Waals surface area contributed by atoms with E-state index in [1.807, 2.05) is 0 Å². The van der Waals surface area contributed by atoms with Crippen LogP contribution in [0.25, 0.3) is 0 Å². The molecule has 0 amide bonds. The maximum Gasteiger partial charge on any atom is 1.00 e. The molecule has 2 N–H and O–H groups in total. The molecule has 5 atom stereocenters. The Kier molecular flexibility index (Phi) is 9.30. The van der Waals surface area contributed by atoms with E-state index in [9.17, 15) is 23.2 Å². The zero-order valence-corrected chi connectivity index (χ0v) is 14.6. The Morgan fingerprint density at radius 2 is 1.90 bits per heavy atom. The number of aliphatic hydroxyl groups excluding tert-OH is 2. The molecule has 20 heavy (non-hydrogen) atoms. The van der Waals surface area contributed by atoms with Crippen LogP contribution in [0.4, 0.5) is 0 Å². The van der Waals surface area contributed by atoms with Crippen molar-refractivity contribution in [2.75, 3.05) is 26.1 Å². The van der Waals surface area contributed by atoms with E-state index in [-0.39, 0.29) is 42.8 Å². The summed E-state index contributed by atoms with van der Waals surface area (Å²) in [5, 5.41) is 19.4. The topological polar surface area (TPSA) is 125 Å². The molecule has 0 aromatic heterocycles. The van der Waals surface area contributed by atoms with Crippen molar-refractivity contribution in [1.29, 1.82) is 0 Å². The van der Waals surface area contributed by atoms with Gasteiger partial charge in [0.15, 0.2) is 0 Å². The molecule has 0 saturated carbocycles. The van der Waals surface area contributed by atoms with Gasteiger partial charge in [-0.25, -0.2) is 8.42 Å². The molecular formula is C10H19NaO8S. The van der Waals surface area contributed by atoms with Crippen LogP contribution in [0.15, 0.2) is 0 Å². The molecule has 114 valence electrons. The Labute approximate surface area is 140 Å². The summed E-state index contributed by atoms with van der Waals surface area (Å²) in [6.45, 7) is 1.30. The van der Waals surface area contributed by atoms with Crippen LogP contribution in [0.2, 0.25) is 0 Å². The van der Waals surface area contributed by atoms with E-state index < -0.39 is 46.4 Å². The summed E-state index contributed by atoms with van der Waals surface area (Å²) in [5.74, 6) is -0.627. The van der Waals surface area contributed by atoms with Crippen molar-refractivity contribution in [2.45, 2.75) is 37.4 Å². The van der Waals surface area contributed by atoms with Gasteiger partial charge < -0.3 is 29.0 Å². The number of methoxy groups -OCH3 is 1. The number of hydrogen-bond donors (Lipinski definition) is 2. The Bertz CT molecular complexity index is 375. The van der Waals surface area contributed by atoms with E-state index in [1.165, 1.54) is 7.11 Å². The molecular weight excluding hydrogens is 303 g/mol. The summed E-state index contributed by atoms with van der Waals surface area (Å²) >= 11 is 0. The van der Waals surface area contributed by atoms with Gasteiger partial charge in [-0.3, -0.25) is 0 Å². The van der Waals surface area contributed by atoms with Crippen LogP contribution in [-0.2, 0) is 24.3 Å². The van der Waals surface area contributed by atoms with Gasteiger partial charge in [-0.05, 0) is 6.92 Å². The average molecular weight is 322 g/mol. The molecule has 1 saturated heterocycles. The van der Waals surface area contributed by atoms with E-state index in [2.05, 4.69) is 0 Å². The van der Waals surface area contributed by atoms with E-state index >= 15 is 0 Å². The number of ether oxygens (including phenoxy) is 3. The zero-order valence-electron chi connectivity index (χ0n) is 11.8. The maximum atomic E-state index is 10.4. The minimum atomic E-state index is -4.31. The van der Waals surface area contributed by atoms with Crippen molar-refractivity contribution >= 4 is 10.1 Å². The second kappa shape index (κ2) is 8.99. The molecule has 0 aliphatic carbocycles. The number of aliphatic hydroxyl groups is 2. The zero-order chi connectivity index (χ0) is 14.6. The first-order valence-electron chi connectivity index (χ1n) is 5.82. The molecule has 0 aromatic rings. The first kappa shape index (κ1) is 20.7. The van der Waals surface area contributed by atoms with Crippen molar-refractivity contribution in [3.63, 3.8) is 0 Å². The summed E-state index contributed by atoms with van der Waals surface area (Å²) < 4.78 is 46.6. The molecule has 2 unspecified atom stereocenters. The van der Waals surface area contributed by atoms with E-state index in [0.717, 1.165) is 0 Å². The van der Waals surface area contributed by atoms with Gasteiger partial charge in [-0.1, -0.05) is 0 Å². The minimum Gasteiger partial charge on any atom is -0.748 e. The maximum absolute atomic E-state index is 10.4. The van der Waals surface area contributed by atoms with Gasteiger partial charge in [-0.2, -0.15) is 0 Å². The summed E-state index contributed by atoms with van der Waals surface area (Å²) in [5.41, 5.74) is 0. The monoisotopic (exact) mass is 322 g/mol. The number of rotatable bonds is 6. The second-order valence-corrected chi connectivity index (χ2v) is 5.92. The fraction of sp³-hybridized carbons (Fsp3) is 1.00. The summed E-state index contributed by atoms with van der Waals surface area (Å²) in [7, 11) is -2.96. The molecule has 10 heteroatoms. The molecule has 1 fully saturated rings. The minimum absolute atomic E-state index is 0.